The van der Waals surface area contributed by atoms with Crippen molar-refractivity contribution in [2.24, 2.45) is 5.92 Å². The van der Waals surface area contributed by atoms with Crippen molar-refractivity contribution in [1.82, 2.24) is 5.32 Å². The molecule has 0 spiro atoms. The van der Waals surface area contributed by atoms with Gasteiger partial charge in [0, 0.05) is 12.3 Å². The van der Waals surface area contributed by atoms with Crippen molar-refractivity contribution in [3.8, 4) is 0 Å². The molecule has 1 amide bonds. The van der Waals surface area contributed by atoms with E-state index in [2.05, 4.69) is 12.2 Å². The first kappa shape index (κ1) is 13.5. The standard InChI is InChI=1S/C11H21NO3S/c1-8-5-4-6-10(7-8)12-11(13)9(2)16(3,14)15/h8-10H,4-7H2,1-3H3,(H,12,13)/t8-,9-,10+/m1/s1. The monoisotopic (exact) mass is 247 g/mol. The Morgan fingerprint density at radius 2 is 2.00 bits per heavy atom. The van der Waals surface area contributed by atoms with Gasteiger partial charge in [-0.3, -0.25) is 4.79 Å². The van der Waals surface area contributed by atoms with E-state index in [4.69, 9.17) is 0 Å². The molecule has 1 N–H and O–H groups in total. The van der Waals surface area contributed by atoms with Crippen LogP contribution in [0.1, 0.15) is 39.5 Å². The molecule has 4 nitrogen and oxygen atoms in total. The van der Waals surface area contributed by atoms with Crippen molar-refractivity contribution in [1.29, 1.82) is 0 Å². The summed E-state index contributed by atoms with van der Waals surface area (Å²) < 4.78 is 22.4. The number of rotatable bonds is 3. The second kappa shape index (κ2) is 5.17. The van der Waals surface area contributed by atoms with Gasteiger partial charge in [0.25, 0.3) is 0 Å². The van der Waals surface area contributed by atoms with E-state index in [9.17, 15) is 13.2 Å². The fourth-order valence-corrected chi connectivity index (χ4v) is 2.54. The summed E-state index contributed by atoms with van der Waals surface area (Å²) in [5.41, 5.74) is 0. The van der Waals surface area contributed by atoms with Crippen LogP contribution in [0.15, 0.2) is 0 Å². The van der Waals surface area contributed by atoms with Crippen molar-refractivity contribution in [2.45, 2.75) is 50.8 Å². The van der Waals surface area contributed by atoms with Gasteiger partial charge in [0.1, 0.15) is 5.25 Å². The molecular weight excluding hydrogens is 226 g/mol. The average Bonchev–Trinajstić information content (AvgIpc) is 2.15. The lowest BCUT2D eigenvalue weighted by Crippen LogP contribution is -2.44. The SMILES string of the molecule is C[C@@H]1CCC[C@H](NC(=O)[C@@H](C)S(C)(=O)=O)C1. The molecule has 1 saturated carbocycles. The molecule has 16 heavy (non-hydrogen) atoms. The first-order chi connectivity index (χ1) is 7.30. The van der Waals surface area contributed by atoms with Crippen LogP contribution < -0.4 is 5.32 Å². The van der Waals surface area contributed by atoms with Crippen LogP contribution >= 0.6 is 0 Å². The van der Waals surface area contributed by atoms with Crippen molar-refractivity contribution in [3.63, 3.8) is 0 Å². The Morgan fingerprint density at radius 3 is 2.50 bits per heavy atom. The molecule has 0 saturated heterocycles. The highest BCUT2D eigenvalue weighted by Crippen LogP contribution is 2.23. The molecule has 1 rings (SSSR count). The van der Waals surface area contributed by atoms with Crippen LogP contribution in [0.4, 0.5) is 0 Å². The highest BCUT2D eigenvalue weighted by atomic mass is 32.2. The molecule has 0 bridgehead atoms. The quantitative estimate of drug-likeness (QED) is 0.812. The molecule has 0 aromatic heterocycles. The molecule has 1 aliphatic rings. The zero-order valence-corrected chi connectivity index (χ0v) is 11.0. The molecule has 3 atom stereocenters. The third-order valence-electron chi connectivity index (χ3n) is 3.29. The van der Waals surface area contributed by atoms with Gasteiger partial charge in [-0.05, 0) is 25.7 Å². The smallest absolute Gasteiger partial charge is 0.238 e. The molecule has 0 aliphatic heterocycles. The molecule has 1 fully saturated rings. The van der Waals surface area contributed by atoms with E-state index in [1.54, 1.807) is 0 Å². The number of hydrogen-bond donors (Lipinski definition) is 1. The first-order valence-electron chi connectivity index (χ1n) is 5.80. The number of carbonyl (C=O) groups excluding carboxylic acids is 1. The average molecular weight is 247 g/mol. The lowest BCUT2D eigenvalue weighted by molar-refractivity contribution is -0.121. The molecule has 0 heterocycles. The zero-order chi connectivity index (χ0) is 12.3. The molecule has 1 aliphatic carbocycles. The van der Waals surface area contributed by atoms with Gasteiger partial charge in [0.15, 0.2) is 9.84 Å². The van der Waals surface area contributed by atoms with E-state index in [0.717, 1.165) is 25.5 Å². The van der Waals surface area contributed by atoms with Crippen LogP contribution in [0.25, 0.3) is 0 Å². The Kier molecular flexibility index (Phi) is 4.35. The van der Waals surface area contributed by atoms with Crippen LogP contribution in [0.5, 0.6) is 0 Å². The second-order valence-electron chi connectivity index (χ2n) is 4.95. The topological polar surface area (TPSA) is 63.2 Å². The fraction of sp³-hybridized carbons (Fsp3) is 0.909. The largest absolute Gasteiger partial charge is 0.352 e. The van der Waals surface area contributed by atoms with E-state index in [0.29, 0.717) is 5.92 Å². The van der Waals surface area contributed by atoms with Crippen molar-refractivity contribution >= 4 is 15.7 Å². The van der Waals surface area contributed by atoms with Gasteiger partial charge in [-0.2, -0.15) is 0 Å². The Morgan fingerprint density at radius 1 is 1.38 bits per heavy atom. The predicted octanol–water partition coefficient (Wildman–Crippen LogP) is 1.11. The maximum atomic E-state index is 11.7. The van der Waals surface area contributed by atoms with Gasteiger partial charge in [-0.1, -0.05) is 19.8 Å². The number of carbonyl (C=O) groups is 1. The number of sulfone groups is 1. The highest BCUT2D eigenvalue weighted by Gasteiger charge is 2.27. The maximum Gasteiger partial charge on any atom is 0.238 e. The Balaban J connectivity index is 2.51. The summed E-state index contributed by atoms with van der Waals surface area (Å²) in [6.07, 6.45) is 5.34. The minimum Gasteiger partial charge on any atom is -0.352 e. The summed E-state index contributed by atoms with van der Waals surface area (Å²) in [5.74, 6) is 0.259. The summed E-state index contributed by atoms with van der Waals surface area (Å²) in [4.78, 5) is 11.7. The molecule has 5 heteroatoms. The third kappa shape index (κ3) is 3.77. The minimum absolute atomic E-state index is 0.153. The summed E-state index contributed by atoms with van der Waals surface area (Å²) in [6, 6.07) is 0.153. The van der Waals surface area contributed by atoms with Crippen molar-refractivity contribution in [3.05, 3.63) is 0 Å². The van der Waals surface area contributed by atoms with Gasteiger partial charge in [0.05, 0.1) is 0 Å². The lowest BCUT2D eigenvalue weighted by Gasteiger charge is -2.28. The summed E-state index contributed by atoms with van der Waals surface area (Å²) in [6.45, 7) is 3.61. The van der Waals surface area contributed by atoms with Gasteiger partial charge in [0.2, 0.25) is 5.91 Å². The third-order valence-corrected chi connectivity index (χ3v) is 4.79. The van der Waals surface area contributed by atoms with Gasteiger partial charge < -0.3 is 5.32 Å². The Labute approximate surface area is 97.7 Å². The van der Waals surface area contributed by atoms with Crippen LogP contribution in [0, 0.1) is 5.92 Å². The van der Waals surface area contributed by atoms with E-state index in [1.165, 1.54) is 13.3 Å². The van der Waals surface area contributed by atoms with E-state index in [1.807, 2.05) is 0 Å². The van der Waals surface area contributed by atoms with Gasteiger partial charge in [-0.15, -0.1) is 0 Å². The molecular formula is C11H21NO3S. The van der Waals surface area contributed by atoms with E-state index >= 15 is 0 Å². The van der Waals surface area contributed by atoms with Crippen LogP contribution in [0.3, 0.4) is 0 Å². The fourth-order valence-electron chi connectivity index (χ4n) is 2.08. The Bertz CT molecular complexity index is 350. The highest BCUT2D eigenvalue weighted by molar-refractivity contribution is 7.92. The minimum atomic E-state index is -3.28. The number of nitrogens with one attached hydrogen (secondary N) is 1. The molecule has 0 unspecified atom stereocenters. The summed E-state index contributed by atoms with van der Waals surface area (Å²) >= 11 is 0. The summed E-state index contributed by atoms with van der Waals surface area (Å²) in [7, 11) is -3.28. The molecule has 0 aromatic carbocycles. The van der Waals surface area contributed by atoms with Gasteiger partial charge >= 0.3 is 0 Å². The van der Waals surface area contributed by atoms with Crippen LogP contribution in [0.2, 0.25) is 0 Å². The van der Waals surface area contributed by atoms with Crippen molar-refractivity contribution < 1.29 is 13.2 Å². The molecule has 94 valence electrons. The van der Waals surface area contributed by atoms with Crippen LogP contribution in [-0.2, 0) is 14.6 Å². The number of hydrogen-bond acceptors (Lipinski definition) is 3. The van der Waals surface area contributed by atoms with Crippen LogP contribution in [-0.4, -0.2) is 31.9 Å². The zero-order valence-electron chi connectivity index (χ0n) is 10.2. The normalized spacial score (nSPS) is 28.4. The summed E-state index contributed by atoms with van der Waals surface area (Å²) in [5, 5.41) is 1.90. The van der Waals surface area contributed by atoms with E-state index in [-0.39, 0.29) is 11.9 Å². The second-order valence-corrected chi connectivity index (χ2v) is 7.32. The van der Waals surface area contributed by atoms with Gasteiger partial charge in [-0.25, -0.2) is 8.42 Å². The Hall–Kier alpha value is -0.580. The first-order valence-corrected chi connectivity index (χ1v) is 7.75. The molecule has 0 aromatic rings. The predicted molar refractivity (Wildman–Crippen MR) is 63.9 cm³/mol. The van der Waals surface area contributed by atoms with E-state index < -0.39 is 15.1 Å². The maximum absolute atomic E-state index is 11.7. The lowest BCUT2D eigenvalue weighted by atomic mass is 9.87. The molecule has 0 radical (unpaired) electrons. The number of amides is 1. The van der Waals surface area contributed by atoms with Crippen molar-refractivity contribution in [2.75, 3.05) is 6.26 Å².